The average molecular weight is 434 g/mol. The summed E-state index contributed by atoms with van der Waals surface area (Å²) in [5.74, 6) is 0.725. The lowest BCUT2D eigenvalue weighted by molar-refractivity contribution is 0.0827. The molecule has 1 amide bonds. The summed E-state index contributed by atoms with van der Waals surface area (Å²) in [5.41, 5.74) is 1.77. The standard InChI is InChI=1S/C16H26N4O2.HI/c1-12(11-22-5)19-16(17-2)18-10-13-6-8-14(9-7-13)15(21)20(3)4;/h6-9,12H,10-11H2,1-5H3,(H2,17,18,19);1H. The molecule has 0 aliphatic rings. The topological polar surface area (TPSA) is 66.0 Å². The fraction of sp³-hybridized carbons (Fsp3) is 0.500. The van der Waals surface area contributed by atoms with E-state index in [2.05, 4.69) is 15.6 Å². The highest BCUT2D eigenvalue weighted by molar-refractivity contribution is 14.0. The lowest BCUT2D eigenvalue weighted by Gasteiger charge is -2.17. The summed E-state index contributed by atoms with van der Waals surface area (Å²) in [7, 11) is 6.89. The van der Waals surface area contributed by atoms with E-state index in [0.29, 0.717) is 18.7 Å². The van der Waals surface area contributed by atoms with Crippen LogP contribution in [-0.4, -0.2) is 57.7 Å². The van der Waals surface area contributed by atoms with Crippen molar-refractivity contribution in [2.75, 3.05) is 34.9 Å². The Bertz CT molecular complexity index is 503. The molecule has 0 bridgehead atoms. The van der Waals surface area contributed by atoms with Gasteiger partial charge in [-0.25, -0.2) is 0 Å². The number of amides is 1. The van der Waals surface area contributed by atoms with Gasteiger partial charge in [-0.3, -0.25) is 9.79 Å². The van der Waals surface area contributed by atoms with Crippen molar-refractivity contribution in [2.45, 2.75) is 19.5 Å². The maximum atomic E-state index is 11.8. The van der Waals surface area contributed by atoms with Crippen LogP contribution in [0, 0.1) is 0 Å². The smallest absolute Gasteiger partial charge is 0.253 e. The molecule has 0 aliphatic heterocycles. The van der Waals surface area contributed by atoms with E-state index in [9.17, 15) is 4.79 Å². The molecule has 0 aromatic heterocycles. The van der Waals surface area contributed by atoms with Gasteiger partial charge >= 0.3 is 0 Å². The van der Waals surface area contributed by atoms with Gasteiger partial charge in [0.1, 0.15) is 0 Å². The molecular weight excluding hydrogens is 407 g/mol. The molecule has 2 N–H and O–H groups in total. The van der Waals surface area contributed by atoms with E-state index in [4.69, 9.17) is 4.74 Å². The molecule has 7 heteroatoms. The van der Waals surface area contributed by atoms with Crippen LogP contribution in [0.5, 0.6) is 0 Å². The Labute approximate surface area is 155 Å². The number of methoxy groups -OCH3 is 1. The van der Waals surface area contributed by atoms with Crippen LogP contribution in [-0.2, 0) is 11.3 Å². The van der Waals surface area contributed by atoms with Crippen LogP contribution in [0.3, 0.4) is 0 Å². The van der Waals surface area contributed by atoms with Crippen LogP contribution in [0.25, 0.3) is 0 Å². The Morgan fingerprint density at radius 1 is 1.30 bits per heavy atom. The van der Waals surface area contributed by atoms with Gasteiger partial charge in [0.25, 0.3) is 5.91 Å². The monoisotopic (exact) mass is 434 g/mol. The Morgan fingerprint density at radius 3 is 2.39 bits per heavy atom. The van der Waals surface area contributed by atoms with Gasteiger partial charge in [-0.05, 0) is 24.6 Å². The minimum Gasteiger partial charge on any atom is -0.383 e. The van der Waals surface area contributed by atoms with Gasteiger partial charge < -0.3 is 20.3 Å². The molecule has 6 nitrogen and oxygen atoms in total. The fourth-order valence-corrected chi connectivity index (χ4v) is 1.93. The van der Waals surface area contributed by atoms with Crippen molar-refractivity contribution in [1.29, 1.82) is 0 Å². The lowest BCUT2D eigenvalue weighted by atomic mass is 10.1. The highest BCUT2D eigenvalue weighted by Gasteiger charge is 2.08. The molecule has 0 fully saturated rings. The molecule has 23 heavy (non-hydrogen) atoms. The highest BCUT2D eigenvalue weighted by Crippen LogP contribution is 2.06. The van der Waals surface area contributed by atoms with Crippen molar-refractivity contribution < 1.29 is 9.53 Å². The van der Waals surface area contributed by atoms with E-state index in [1.54, 1.807) is 33.2 Å². The van der Waals surface area contributed by atoms with Crippen molar-refractivity contribution >= 4 is 35.8 Å². The lowest BCUT2D eigenvalue weighted by Crippen LogP contribution is -2.43. The molecule has 0 radical (unpaired) electrons. The number of benzene rings is 1. The first-order chi connectivity index (χ1) is 10.5. The summed E-state index contributed by atoms with van der Waals surface area (Å²) in [6.45, 7) is 3.27. The summed E-state index contributed by atoms with van der Waals surface area (Å²) < 4.78 is 5.09. The minimum atomic E-state index is 0. The first kappa shape index (κ1) is 21.6. The number of nitrogens with one attached hydrogen (secondary N) is 2. The van der Waals surface area contributed by atoms with Crippen LogP contribution in [0.15, 0.2) is 29.3 Å². The number of hydrogen-bond acceptors (Lipinski definition) is 3. The number of ether oxygens (including phenoxy) is 1. The molecule has 0 aliphatic carbocycles. The van der Waals surface area contributed by atoms with Crippen molar-refractivity contribution in [3.8, 4) is 0 Å². The number of guanidine groups is 1. The number of nitrogens with zero attached hydrogens (tertiary/aromatic N) is 2. The third-order valence-corrected chi connectivity index (χ3v) is 3.09. The Morgan fingerprint density at radius 2 is 1.91 bits per heavy atom. The van der Waals surface area contributed by atoms with Gasteiger partial charge in [0.05, 0.1) is 6.61 Å². The molecule has 1 atom stereocenters. The number of aliphatic imine (C=N–C) groups is 1. The van der Waals surface area contributed by atoms with Crippen LogP contribution >= 0.6 is 24.0 Å². The third-order valence-electron chi connectivity index (χ3n) is 3.09. The fourth-order valence-electron chi connectivity index (χ4n) is 1.93. The molecule has 0 saturated heterocycles. The van der Waals surface area contributed by atoms with Crippen molar-refractivity contribution in [2.24, 2.45) is 4.99 Å². The maximum Gasteiger partial charge on any atom is 0.253 e. The maximum absolute atomic E-state index is 11.8. The molecule has 0 heterocycles. The molecule has 0 spiro atoms. The van der Waals surface area contributed by atoms with E-state index < -0.39 is 0 Å². The van der Waals surface area contributed by atoms with E-state index in [0.717, 1.165) is 11.5 Å². The number of carbonyl (C=O) groups is 1. The highest BCUT2D eigenvalue weighted by atomic mass is 127. The second kappa shape index (κ2) is 11.2. The zero-order valence-corrected chi connectivity index (χ0v) is 16.8. The first-order valence-electron chi connectivity index (χ1n) is 7.24. The summed E-state index contributed by atoms with van der Waals surface area (Å²) in [6.07, 6.45) is 0. The predicted octanol–water partition coefficient (Wildman–Crippen LogP) is 1.71. The molecule has 0 saturated carbocycles. The average Bonchev–Trinajstić information content (AvgIpc) is 2.51. The molecule has 130 valence electrons. The van der Waals surface area contributed by atoms with Gasteiger partial charge in [0.15, 0.2) is 5.96 Å². The SMILES string of the molecule is CN=C(NCc1ccc(C(=O)N(C)C)cc1)NC(C)COC.I. The second-order valence-electron chi connectivity index (χ2n) is 5.32. The van der Waals surface area contributed by atoms with Crippen LogP contribution < -0.4 is 10.6 Å². The Balaban J connectivity index is 0.00000484. The normalized spacial score (nSPS) is 12.1. The van der Waals surface area contributed by atoms with E-state index in [1.165, 1.54) is 0 Å². The van der Waals surface area contributed by atoms with Crippen LogP contribution in [0.2, 0.25) is 0 Å². The van der Waals surface area contributed by atoms with E-state index in [-0.39, 0.29) is 35.9 Å². The minimum absolute atomic E-state index is 0. The van der Waals surface area contributed by atoms with E-state index >= 15 is 0 Å². The second-order valence-corrected chi connectivity index (χ2v) is 5.32. The quantitative estimate of drug-likeness (QED) is 0.407. The van der Waals surface area contributed by atoms with Gasteiger partial charge in [-0.2, -0.15) is 0 Å². The van der Waals surface area contributed by atoms with Gasteiger partial charge in [0, 0.05) is 46.4 Å². The van der Waals surface area contributed by atoms with Crippen molar-refractivity contribution in [3.05, 3.63) is 35.4 Å². The largest absolute Gasteiger partial charge is 0.383 e. The molecule has 1 unspecified atom stereocenters. The number of carbonyl (C=O) groups excluding carboxylic acids is 1. The number of rotatable bonds is 6. The Kier molecular flexibility index (Phi) is 10.6. The van der Waals surface area contributed by atoms with Gasteiger partial charge in [-0.15, -0.1) is 24.0 Å². The summed E-state index contributed by atoms with van der Waals surface area (Å²) in [5, 5.41) is 6.47. The zero-order chi connectivity index (χ0) is 16.5. The van der Waals surface area contributed by atoms with Crippen LogP contribution in [0.4, 0.5) is 0 Å². The van der Waals surface area contributed by atoms with Gasteiger partial charge in [0.2, 0.25) is 0 Å². The summed E-state index contributed by atoms with van der Waals surface area (Å²) >= 11 is 0. The molecule has 1 aromatic carbocycles. The first-order valence-corrected chi connectivity index (χ1v) is 7.24. The van der Waals surface area contributed by atoms with Gasteiger partial charge in [-0.1, -0.05) is 12.1 Å². The van der Waals surface area contributed by atoms with Crippen LogP contribution in [0.1, 0.15) is 22.8 Å². The van der Waals surface area contributed by atoms with Crippen molar-refractivity contribution in [1.82, 2.24) is 15.5 Å². The molecule has 1 aromatic rings. The zero-order valence-electron chi connectivity index (χ0n) is 14.4. The summed E-state index contributed by atoms with van der Waals surface area (Å²) in [6, 6.07) is 7.73. The summed E-state index contributed by atoms with van der Waals surface area (Å²) in [4.78, 5) is 17.6. The van der Waals surface area contributed by atoms with E-state index in [1.807, 2.05) is 31.2 Å². The molecule has 1 rings (SSSR count). The number of hydrogen-bond donors (Lipinski definition) is 2. The number of halogens is 1. The molecular formula is C16H27IN4O2. The van der Waals surface area contributed by atoms with Crippen molar-refractivity contribution in [3.63, 3.8) is 0 Å². The predicted molar refractivity (Wildman–Crippen MR) is 105 cm³/mol. The Hall–Kier alpha value is -1.35. The third kappa shape index (κ3) is 7.65.